The van der Waals surface area contributed by atoms with Gasteiger partial charge in [-0.2, -0.15) is 0 Å². The van der Waals surface area contributed by atoms with Crippen LogP contribution in [0.25, 0.3) is 0 Å². The van der Waals surface area contributed by atoms with Gasteiger partial charge < -0.3 is 5.11 Å². The SMILES string of the molecule is CCCC(O)(CCC)CCc1cccc(S(=O)(=O)CCC)c1. The Morgan fingerprint density at radius 1 is 1.00 bits per heavy atom. The molecule has 0 aromatic heterocycles. The zero-order valence-electron chi connectivity index (χ0n) is 14.1. The molecule has 0 saturated heterocycles. The van der Waals surface area contributed by atoms with Crippen molar-refractivity contribution in [1.29, 1.82) is 0 Å². The molecule has 0 amide bonds. The van der Waals surface area contributed by atoms with E-state index in [9.17, 15) is 13.5 Å². The third kappa shape index (κ3) is 5.73. The average Bonchev–Trinajstić information content (AvgIpc) is 2.46. The zero-order chi connectivity index (χ0) is 16.6. The summed E-state index contributed by atoms with van der Waals surface area (Å²) in [5, 5.41) is 10.7. The first-order valence-corrected chi connectivity index (χ1v) is 10.1. The number of hydrogen-bond donors (Lipinski definition) is 1. The van der Waals surface area contributed by atoms with Gasteiger partial charge in [0.05, 0.1) is 16.2 Å². The van der Waals surface area contributed by atoms with Gasteiger partial charge in [-0.3, -0.25) is 0 Å². The first kappa shape index (κ1) is 19.2. The number of aryl methyl sites for hydroxylation is 1. The molecule has 1 N–H and O–H groups in total. The standard InChI is InChI=1S/C18H30O3S/c1-4-11-18(19,12-5-2)13-10-16-8-7-9-17(15-16)22(20,21)14-6-3/h7-9,15,19H,4-6,10-14H2,1-3H3. The van der Waals surface area contributed by atoms with Gasteiger partial charge in [-0.05, 0) is 49.8 Å². The monoisotopic (exact) mass is 326 g/mol. The van der Waals surface area contributed by atoms with Crippen molar-refractivity contribution < 1.29 is 13.5 Å². The van der Waals surface area contributed by atoms with Crippen LogP contribution >= 0.6 is 0 Å². The molecule has 1 aromatic carbocycles. The minimum absolute atomic E-state index is 0.187. The second kappa shape index (κ2) is 8.68. The van der Waals surface area contributed by atoms with E-state index in [1.54, 1.807) is 18.2 Å². The molecule has 4 heteroatoms. The van der Waals surface area contributed by atoms with Crippen LogP contribution in [0.2, 0.25) is 0 Å². The number of aliphatic hydroxyl groups is 1. The average molecular weight is 327 g/mol. The van der Waals surface area contributed by atoms with E-state index in [0.29, 0.717) is 24.2 Å². The lowest BCUT2D eigenvalue weighted by atomic mass is 9.87. The number of rotatable bonds is 10. The Morgan fingerprint density at radius 2 is 1.64 bits per heavy atom. The van der Waals surface area contributed by atoms with Crippen LogP contribution in [0.4, 0.5) is 0 Å². The lowest BCUT2D eigenvalue weighted by molar-refractivity contribution is 0.0132. The molecule has 0 aliphatic rings. The quantitative estimate of drug-likeness (QED) is 0.703. The van der Waals surface area contributed by atoms with E-state index in [1.165, 1.54) is 0 Å². The van der Waals surface area contributed by atoms with Crippen LogP contribution in [0.1, 0.15) is 64.9 Å². The highest BCUT2D eigenvalue weighted by Crippen LogP contribution is 2.26. The summed E-state index contributed by atoms with van der Waals surface area (Å²) in [7, 11) is -3.17. The maximum Gasteiger partial charge on any atom is 0.178 e. The molecule has 0 heterocycles. The number of hydrogen-bond acceptors (Lipinski definition) is 3. The summed E-state index contributed by atoms with van der Waals surface area (Å²) >= 11 is 0. The largest absolute Gasteiger partial charge is 0.390 e. The fraction of sp³-hybridized carbons (Fsp3) is 0.667. The minimum atomic E-state index is -3.17. The lowest BCUT2D eigenvalue weighted by Gasteiger charge is -2.27. The van der Waals surface area contributed by atoms with Crippen molar-refractivity contribution in [2.75, 3.05) is 5.75 Å². The Morgan fingerprint density at radius 3 is 2.18 bits per heavy atom. The van der Waals surface area contributed by atoms with Crippen molar-refractivity contribution in [1.82, 2.24) is 0 Å². The second-order valence-corrected chi connectivity index (χ2v) is 8.30. The summed E-state index contributed by atoms with van der Waals surface area (Å²) in [5.41, 5.74) is 0.365. The maximum absolute atomic E-state index is 12.1. The molecule has 22 heavy (non-hydrogen) atoms. The summed E-state index contributed by atoms with van der Waals surface area (Å²) in [6.07, 6.45) is 5.55. The fourth-order valence-corrected chi connectivity index (χ4v) is 4.35. The van der Waals surface area contributed by atoms with Gasteiger partial charge in [0.2, 0.25) is 0 Å². The van der Waals surface area contributed by atoms with Gasteiger partial charge in [-0.1, -0.05) is 45.7 Å². The molecule has 0 atom stereocenters. The van der Waals surface area contributed by atoms with E-state index in [2.05, 4.69) is 13.8 Å². The molecule has 1 rings (SSSR count). The van der Waals surface area contributed by atoms with Crippen LogP contribution < -0.4 is 0 Å². The third-order valence-corrected chi connectivity index (χ3v) is 5.96. The summed E-state index contributed by atoms with van der Waals surface area (Å²) in [6.45, 7) is 6.04. The summed E-state index contributed by atoms with van der Waals surface area (Å²) < 4.78 is 24.3. The molecule has 0 aliphatic carbocycles. The predicted octanol–water partition coefficient (Wildman–Crippen LogP) is 4.13. The molecule has 0 radical (unpaired) electrons. The topological polar surface area (TPSA) is 54.4 Å². The van der Waals surface area contributed by atoms with Crippen LogP contribution in [-0.4, -0.2) is 24.9 Å². The molecule has 0 aliphatic heterocycles. The Hall–Kier alpha value is -0.870. The first-order valence-electron chi connectivity index (χ1n) is 8.41. The Kier molecular flexibility index (Phi) is 7.57. The molecule has 0 spiro atoms. The summed E-state index contributed by atoms with van der Waals surface area (Å²) in [4.78, 5) is 0.404. The molecule has 1 aromatic rings. The third-order valence-electron chi connectivity index (χ3n) is 4.04. The number of benzene rings is 1. The van der Waals surface area contributed by atoms with Crippen LogP contribution in [0.5, 0.6) is 0 Å². The van der Waals surface area contributed by atoms with Crippen molar-refractivity contribution in [3.63, 3.8) is 0 Å². The Labute approximate surface area is 135 Å². The van der Waals surface area contributed by atoms with Crippen molar-refractivity contribution in [2.24, 2.45) is 0 Å². The van der Waals surface area contributed by atoms with E-state index in [1.807, 2.05) is 13.0 Å². The van der Waals surface area contributed by atoms with Crippen LogP contribution in [0.3, 0.4) is 0 Å². The van der Waals surface area contributed by atoms with Crippen molar-refractivity contribution in [3.05, 3.63) is 29.8 Å². The van der Waals surface area contributed by atoms with Crippen molar-refractivity contribution in [3.8, 4) is 0 Å². The van der Waals surface area contributed by atoms with Gasteiger partial charge in [-0.15, -0.1) is 0 Å². The molecule has 0 saturated carbocycles. The molecule has 126 valence electrons. The molecule has 0 unspecified atom stereocenters. The van der Waals surface area contributed by atoms with Crippen LogP contribution in [0.15, 0.2) is 29.2 Å². The van der Waals surface area contributed by atoms with E-state index >= 15 is 0 Å². The van der Waals surface area contributed by atoms with Gasteiger partial charge in [0.25, 0.3) is 0 Å². The highest BCUT2D eigenvalue weighted by molar-refractivity contribution is 7.91. The molecule has 0 fully saturated rings. The van der Waals surface area contributed by atoms with E-state index < -0.39 is 15.4 Å². The van der Waals surface area contributed by atoms with Gasteiger partial charge in [0.1, 0.15) is 0 Å². The molecular formula is C18H30O3S. The lowest BCUT2D eigenvalue weighted by Crippen LogP contribution is -2.28. The Bertz CT molecular complexity index is 543. The van der Waals surface area contributed by atoms with Gasteiger partial charge in [0.15, 0.2) is 9.84 Å². The highest BCUT2D eigenvalue weighted by atomic mass is 32.2. The van der Waals surface area contributed by atoms with E-state index in [-0.39, 0.29) is 5.75 Å². The van der Waals surface area contributed by atoms with Gasteiger partial charge >= 0.3 is 0 Å². The van der Waals surface area contributed by atoms with Crippen molar-refractivity contribution >= 4 is 9.84 Å². The molecule has 3 nitrogen and oxygen atoms in total. The van der Waals surface area contributed by atoms with E-state index in [0.717, 1.165) is 31.2 Å². The maximum atomic E-state index is 12.1. The van der Waals surface area contributed by atoms with Crippen LogP contribution in [0, 0.1) is 0 Å². The Balaban J connectivity index is 2.82. The van der Waals surface area contributed by atoms with Gasteiger partial charge in [0, 0.05) is 0 Å². The fourth-order valence-electron chi connectivity index (χ4n) is 2.96. The zero-order valence-corrected chi connectivity index (χ0v) is 15.0. The summed E-state index contributed by atoms with van der Waals surface area (Å²) in [6, 6.07) is 7.18. The molecule has 0 bridgehead atoms. The smallest absolute Gasteiger partial charge is 0.178 e. The predicted molar refractivity (Wildman–Crippen MR) is 91.9 cm³/mol. The van der Waals surface area contributed by atoms with E-state index in [4.69, 9.17) is 0 Å². The van der Waals surface area contributed by atoms with Crippen molar-refractivity contribution in [2.45, 2.75) is 76.2 Å². The minimum Gasteiger partial charge on any atom is -0.390 e. The first-order chi connectivity index (χ1) is 10.4. The normalized spacial score (nSPS) is 12.5. The highest BCUT2D eigenvalue weighted by Gasteiger charge is 2.24. The van der Waals surface area contributed by atoms with Crippen LogP contribution in [-0.2, 0) is 16.3 Å². The number of sulfone groups is 1. The molecular weight excluding hydrogens is 296 g/mol. The second-order valence-electron chi connectivity index (χ2n) is 6.19. The van der Waals surface area contributed by atoms with Gasteiger partial charge in [-0.25, -0.2) is 8.42 Å². The summed E-state index contributed by atoms with van der Waals surface area (Å²) in [5.74, 6) is 0.187.